The molecule has 100 valence electrons. The molecule has 0 spiro atoms. The molecule has 1 aromatic heterocycles. The Kier molecular flexibility index (Phi) is 3.79. The molecule has 0 bridgehead atoms. The summed E-state index contributed by atoms with van der Waals surface area (Å²) in [6.45, 7) is 3.75. The number of carboxylic acids is 1. The van der Waals surface area contributed by atoms with E-state index in [-0.39, 0.29) is 12.2 Å². The predicted octanol–water partition coefficient (Wildman–Crippen LogP) is 2.22. The molecule has 2 aromatic rings. The molecule has 0 amide bonds. The third-order valence-corrected chi connectivity index (χ3v) is 2.61. The third kappa shape index (κ3) is 2.90. The summed E-state index contributed by atoms with van der Waals surface area (Å²) in [4.78, 5) is 15.2. The molecular weight excluding hydrogens is 248 g/mol. The number of hydrogen-bond acceptors (Lipinski definition) is 5. The van der Waals surface area contributed by atoms with Gasteiger partial charge in [0.05, 0.1) is 0 Å². The zero-order valence-corrected chi connectivity index (χ0v) is 10.7. The predicted molar refractivity (Wildman–Crippen MR) is 66.1 cm³/mol. The van der Waals surface area contributed by atoms with E-state index in [0.717, 1.165) is 5.56 Å². The molecule has 0 fully saturated rings. The van der Waals surface area contributed by atoms with Crippen LogP contribution in [-0.2, 0) is 13.0 Å². The average molecular weight is 262 g/mol. The number of nitrogens with zero attached hydrogens (tertiary/aromatic N) is 2. The lowest BCUT2D eigenvalue weighted by atomic mass is 10.1. The zero-order chi connectivity index (χ0) is 13.8. The minimum Gasteiger partial charge on any atom is -0.483 e. The summed E-state index contributed by atoms with van der Waals surface area (Å²) >= 11 is 0. The van der Waals surface area contributed by atoms with E-state index in [9.17, 15) is 4.79 Å². The molecule has 0 unspecified atom stereocenters. The largest absolute Gasteiger partial charge is 0.483 e. The molecule has 0 atom stereocenters. The molecule has 0 aliphatic heterocycles. The molecule has 1 N–H and O–H groups in total. The van der Waals surface area contributed by atoms with Crippen LogP contribution >= 0.6 is 0 Å². The van der Waals surface area contributed by atoms with Gasteiger partial charge in [0.15, 0.2) is 12.4 Å². The van der Waals surface area contributed by atoms with E-state index >= 15 is 0 Å². The van der Waals surface area contributed by atoms with E-state index in [4.69, 9.17) is 14.4 Å². The van der Waals surface area contributed by atoms with Crippen LogP contribution < -0.4 is 4.74 Å². The van der Waals surface area contributed by atoms with E-state index in [1.165, 1.54) is 6.07 Å². The Morgan fingerprint density at radius 2 is 2.26 bits per heavy atom. The first kappa shape index (κ1) is 13.1. The summed E-state index contributed by atoms with van der Waals surface area (Å²) < 4.78 is 10.5. The van der Waals surface area contributed by atoms with Crippen molar-refractivity contribution in [3.63, 3.8) is 0 Å². The van der Waals surface area contributed by atoms with Gasteiger partial charge < -0.3 is 14.4 Å². The SMILES string of the molecule is CCc1noc(COc2c(C)cccc2C(=O)O)n1. The Hall–Kier alpha value is -2.37. The monoisotopic (exact) mass is 262 g/mol. The lowest BCUT2D eigenvalue weighted by Crippen LogP contribution is -2.05. The number of aryl methyl sites for hydroxylation is 2. The third-order valence-electron chi connectivity index (χ3n) is 2.61. The van der Waals surface area contributed by atoms with Crippen LogP contribution in [0.25, 0.3) is 0 Å². The number of ether oxygens (including phenoxy) is 1. The van der Waals surface area contributed by atoms with Crippen LogP contribution in [0.15, 0.2) is 22.7 Å². The molecule has 0 aliphatic carbocycles. The Bertz CT molecular complexity index is 592. The Labute approximate surface area is 110 Å². The maximum Gasteiger partial charge on any atom is 0.339 e. The molecule has 2 rings (SSSR count). The van der Waals surface area contributed by atoms with E-state index in [1.54, 1.807) is 19.1 Å². The van der Waals surface area contributed by atoms with Crippen molar-refractivity contribution in [3.8, 4) is 5.75 Å². The van der Waals surface area contributed by atoms with Crippen LogP contribution in [0.5, 0.6) is 5.75 Å². The second-order valence-corrected chi connectivity index (χ2v) is 4.00. The van der Waals surface area contributed by atoms with Crippen molar-refractivity contribution < 1.29 is 19.2 Å². The van der Waals surface area contributed by atoms with Gasteiger partial charge in [0.1, 0.15) is 11.3 Å². The van der Waals surface area contributed by atoms with Gasteiger partial charge in [-0.3, -0.25) is 0 Å². The van der Waals surface area contributed by atoms with Crippen LogP contribution in [-0.4, -0.2) is 21.2 Å². The van der Waals surface area contributed by atoms with Crippen LogP contribution in [0.3, 0.4) is 0 Å². The van der Waals surface area contributed by atoms with E-state index < -0.39 is 5.97 Å². The van der Waals surface area contributed by atoms with Crippen LogP contribution in [0.1, 0.15) is 34.6 Å². The van der Waals surface area contributed by atoms with Gasteiger partial charge in [-0.2, -0.15) is 4.98 Å². The average Bonchev–Trinajstić information content (AvgIpc) is 2.85. The second-order valence-electron chi connectivity index (χ2n) is 4.00. The first-order chi connectivity index (χ1) is 9.11. The van der Waals surface area contributed by atoms with Gasteiger partial charge in [-0.05, 0) is 18.6 Å². The summed E-state index contributed by atoms with van der Waals surface area (Å²) in [5.41, 5.74) is 0.866. The summed E-state index contributed by atoms with van der Waals surface area (Å²) in [6.07, 6.45) is 0.675. The van der Waals surface area contributed by atoms with Gasteiger partial charge in [-0.1, -0.05) is 24.2 Å². The quantitative estimate of drug-likeness (QED) is 0.889. The van der Waals surface area contributed by atoms with Crippen molar-refractivity contribution in [2.24, 2.45) is 0 Å². The highest BCUT2D eigenvalue weighted by molar-refractivity contribution is 5.91. The zero-order valence-electron chi connectivity index (χ0n) is 10.7. The van der Waals surface area contributed by atoms with E-state index in [2.05, 4.69) is 10.1 Å². The lowest BCUT2D eigenvalue weighted by molar-refractivity contribution is 0.0690. The van der Waals surface area contributed by atoms with Gasteiger partial charge in [0, 0.05) is 6.42 Å². The molecule has 6 heteroatoms. The number of aromatic carboxylic acids is 1. The maximum atomic E-state index is 11.1. The summed E-state index contributed by atoms with van der Waals surface area (Å²) in [6, 6.07) is 4.95. The first-order valence-electron chi connectivity index (χ1n) is 5.89. The maximum absolute atomic E-state index is 11.1. The van der Waals surface area contributed by atoms with Crippen molar-refractivity contribution in [2.45, 2.75) is 26.9 Å². The fraction of sp³-hybridized carbons (Fsp3) is 0.308. The molecule has 0 saturated carbocycles. The molecule has 1 heterocycles. The van der Waals surface area contributed by atoms with Crippen molar-refractivity contribution in [3.05, 3.63) is 41.0 Å². The highest BCUT2D eigenvalue weighted by atomic mass is 16.5. The van der Waals surface area contributed by atoms with Crippen molar-refractivity contribution in [1.29, 1.82) is 0 Å². The van der Waals surface area contributed by atoms with Crippen LogP contribution in [0.2, 0.25) is 0 Å². The van der Waals surface area contributed by atoms with Gasteiger partial charge in [0.2, 0.25) is 0 Å². The van der Waals surface area contributed by atoms with Gasteiger partial charge >= 0.3 is 5.97 Å². The highest BCUT2D eigenvalue weighted by Crippen LogP contribution is 2.24. The van der Waals surface area contributed by atoms with Crippen LogP contribution in [0.4, 0.5) is 0 Å². The fourth-order valence-electron chi connectivity index (χ4n) is 1.64. The summed E-state index contributed by atoms with van der Waals surface area (Å²) in [7, 11) is 0. The van der Waals surface area contributed by atoms with Gasteiger partial charge in [0.25, 0.3) is 5.89 Å². The summed E-state index contributed by atoms with van der Waals surface area (Å²) in [5.74, 6) is 0.225. The molecule has 0 aliphatic rings. The fourth-order valence-corrected chi connectivity index (χ4v) is 1.64. The Balaban J connectivity index is 2.17. The smallest absolute Gasteiger partial charge is 0.339 e. The second kappa shape index (κ2) is 5.51. The van der Waals surface area contributed by atoms with Gasteiger partial charge in [-0.25, -0.2) is 4.79 Å². The number of aromatic nitrogens is 2. The highest BCUT2D eigenvalue weighted by Gasteiger charge is 2.14. The molecule has 1 aromatic carbocycles. The minimum atomic E-state index is -1.03. The molecular formula is C13H14N2O4. The number of carbonyl (C=O) groups is 1. The first-order valence-corrected chi connectivity index (χ1v) is 5.89. The van der Waals surface area contributed by atoms with Gasteiger partial charge in [-0.15, -0.1) is 0 Å². The standard InChI is InChI=1S/C13H14N2O4/c1-3-10-14-11(19-15-10)7-18-12-8(2)5-4-6-9(12)13(16)17/h4-6H,3,7H2,1-2H3,(H,16,17). The number of benzene rings is 1. The number of rotatable bonds is 5. The molecule has 19 heavy (non-hydrogen) atoms. The van der Waals surface area contributed by atoms with E-state index in [0.29, 0.717) is 23.9 Å². The molecule has 6 nitrogen and oxygen atoms in total. The lowest BCUT2D eigenvalue weighted by Gasteiger charge is -2.09. The molecule has 0 saturated heterocycles. The van der Waals surface area contributed by atoms with Crippen molar-refractivity contribution in [1.82, 2.24) is 10.1 Å². The topological polar surface area (TPSA) is 85.5 Å². The van der Waals surface area contributed by atoms with E-state index in [1.807, 2.05) is 6.92 Å². The van der Waals surface area contributed by atoms with Crippen molar-refractivity contribution >= 4 is 5.97 Å². The Morgan fingerprint density at radius 3 is 2.89 bits per heavy atom. The number of para-hydroxylation sites is 1. The molecule has 0 radical (unpaired) electrons. The normalized spacial score (nSPS) is 10.4. The summed E-state index contributed by atoms with van der Waals surface area (Å²) in [5, 5.41) is 12.8. The Morgan fingerprint density at radius 1 is 1.47 bits per heavy atom. The number of carboxylic acid groups (broad SMARTS) is 1. The van der Waals surface area contributed by atoms with Crippen LogP contribution in [0, 0.1) is 6.92 Å². The number of hydrogen-bond donors (Lipinski definition) is 1. The van der Waals surface area contributed by atoms with Crippen molar-refractivity contribution in [2.75, 3.05) is 0 Å². The minimum absolute atomic E-state index is 0.0537.